The molecule has 0 aliphatic carbocycles. The van der Waals surface area contributed by atoms with E-state index in [1.807, 2.05) is 0 Å². The summed E-state index contributed by atoms with van der Waals surface area (Å²) in [5.74, 6) is 1.43. The van der Waals surface area contributed by atoms with Crippen molar-refractivity contribution in [2.45, 2.75) is 27.7 Å². The van der Waals surface area contributed by atoms with Crippen LogP contribution in [0.2, 0.25) is 0 Å². The normalized spacial score (nSPS) is 13.2. The van der Waals surface area contributed by atoms with Crippen molar-refractivity contribution in [2.75, 3.05) is 13.1 Å². The van der Waals surface area contributed by atoms with Crippen molar-refractivity contribution >= 4 is 17.7 Å². The zero-order valence-corrected chi connectivity index (χ0v) is 8.74. The van der Waals surface area contributed by atoms with Crippen molar-refractivity contribution < 1.29 is 0 Å². The van der Waals surface area contributed by atoms with Crippen LogP contribution in [0.3, 0.4) is 0 Å². The first-order valence-electron chi connectivity index (χ1n) is 4.24. The number of nitrogens with zero attached hydrogens (tertiary/aromatic N) is 1. The van der Waals surface area contributed by atoms with Gasteiger partial charge >= 0.3 is 0 Å². The molecule has 1 atom stereocenters. The molecule has 1 nitrogen and oxygen atoms in total. The van der Waals surface area contributed by atoms with Gasteiger partial charge in [0.15, 0.2) is 0 Å². The summed E-state index contributed by atoms with van der Waals surface area (Å²) in [4.78, 5) is 2.06. The minimum atomic E-state index is 0.699. The second-order valence-electron chi connectivity index (χ2n) is 3.35. The van der Waals surface area contributed by atoms with Gasteiger partial charge in [0, 0.05) is 13.1 Å². The molecule has 0 aliphatic heterocycles. The molecule has 0 amide bonds. The van der Waals surface area contributed by atoms with E-state index in [9.17, 15) is 0 Å². The number of rotatable bonds is 5. The van der Waals surface area contributed by atoms with Crippen LogP contribution in [0.4, 0.5) is 0 Å². The Labute approximate surface area is 75.8 Å². The summed E-state index contributed by atoms with van der Waals surface area (Å²) in [5.41, 5.74) is 2.75. The molecule has 0 aliphatic rings. The minimum absolute atomic E-state index is 0.699. The van der Waals surface area contributed by atoms with Crippen LogP contribution in [0.15, 0.2) is 0 Å². The summed E-state index contributed by atoms with van der Waals surface area (Å²) >= 11 is 4.75. The topological polar surface area (TPSA) is 3.24 Å². The van der Waals surface area contributed by atoms with Crippen LogP contribution in [0.5, 0.6) is 0 Å². The van der Waals surface area contributed by atoms with Gasteiger partial charge in [-0.2, -0.15) is 0 Å². The molecule has 0 N–H and O–H groups in total. The van der Waals surface area contributed by atoms with Crippen LogP contribution in [0.25, 0.3) is 0 Å². The molecule has 65 valence electrons. The molecular formula is C9H18NS. The van der Waals surface area contributed by atoms with Gasteiger partial charge < -0.3 is 4.90 Å². The van der Waals surface area contributed by atoms with Gasteiger partial charge in [-0.3, -0.25) is 0 Å². The van der Waals surface area contributed by atoms with E-state index in [1.54, 1.807) is 0 Å². The summed E-state index contributed by atoms with van der Waals surface area (Å²) in [6.45, 7) is 10.8. The first-order chi connectivity index (χ1) is 5.11. The highest BCUT2D eigenvalue weighted by molar-refractivity contribution is 7.78. The average molecular weight is 172 g/mol. The number of hydrogen-bond donors (Lipinski definition) is 0. The molecule has 0 spiro atoms. The third-order valence-corrected chi connectivity index (χ3v) is 2.42. The Morgan fingerprint density at radius 3 is 2.18 bits per heavy atom. The predicted molar refractivity (Wildman–Crippen MR) is 53.8 cm³/mol. The summed E-state index contributed by atoms with van der Waals surface area (Å²) in [7, 11) is 0. The van der Waals surface area contributed by atoms with Crippen LogP contribution >= 0.6 is 12.2 Å². The lowest BCUT2D eigenvalue weighted by atomic mass is 9.98. The van der Waals surface area contributed by atoms with E-state index < -0.39 is 0 Å². The van der Waals surface area contributed by atoms with Gasteiger partial charge in [0.25, 0.3) is 0 Å². The molecule has 0 aromatic heterocycles. The van der Waals surface area contributed by atoms with E-state index in [4.69, 9.17) is 12.2 Å². The second kappa shape index (κ2) is 5.53. The average Bonchev–Trinajstić information content (AvgIpc) is 1.99. The lowest BCUT2D eigenvalue weighted by molar-refractivity contribution is 0.314. The molecule has 0 rings (SSSR count). The van der Waals surface area contributed by atoms with Crippen LogP contribution in [0.1, 0.15) is 27.7 Å². The van der Waals surface area contributed by atoms with Gasteiger partial charge in [0.05, 0.1) is 0 Å². The Kier molecular flexibility index (Phi) is 5.47. The van der Waals surface area contributed by atoms with Crippen molar-refractivity contribution in [3.8, 4) is 0 Å². The van der Waals surface area contributed by atoms with Gasteiger partial charge in [0.2, 0.25) is 0 Å². The third kappa shape index (κ3) is 4.35. The molecule has 1 unspecified atom stereocenters. The van der Waals surface area contributed by atoms with E-state index in [0.717, 1.165) is 19.0 Å². The largest absolute Gasteiger partial charge is 0.360 e. The zero-order valence-electron chi connectivity index (χ0n) is 7.92. The maximum absolute atomic E-state index is 4.75. The highest BCUT2D eigenvalue weighted by atomic mass is 32.1. The lowest BCUT2D eigenvalue weighted by Gasteiger charge is -2.23. The highest BCUT2D eigenvalue weighted by Gasteiger charge is 2.09. The maximum Gasteiger partial charge on any atom is 0.136 e. The fourth-order valence-corrected chi connectivity index (χ4v) is 0.993. The Balaban J connectivity index is 3.71. The zero-order chi connectivity index (χ0) is 8.85. The molecule has 1 radical (unpaired) electrons. The van der Waals surface area contributed by atoms with Gasteiger partial charge in [-0.05, 0) is 18.8 Å². The van der Waals surface area contributed by atoms with E-state index in [-0.39, 0.29) is 0 Å². The molecule has 11 heavy (non-hydrogen) atoms. The van der Waals surface area contributed by atoms with Gasteiger partial charge in [-0.1, -0.05) is 33.0 Å². The van der Waals surface area contributed by atoms with Crippen molar-refractivity contribution in [1.82, 2.24) is 4.90 Å². The molecule has 0 bridgehead atoms. The molecule has 0 saturated carbocycles. The van der Waals surface area contributed by atoms with Crippen molar-refractivity contribution in [3.05, 3.63) is 0 Å². The smallest absolute Gasteiger partial charge is 0.136 e. The minimum Gasteiger partial charge on any atom is -0.360 e. The summed E-state index contributed by atoms with van der Waals surface area (Å²) in [6, 6.07) is 0. The predicted octanol–water partition coefficient (Wildman–Crippen LogP) is 2.43. The van der Waals surface area contributed by atoms with Crippen molar-refractivity contribution in [3.63, 3.8) is 0 Å². The lowest BCUT2D eigenvalue weighted by Crippen LogP contribution is -2.28. The summed E-state index contributed by atoms with van der Waals surface area (Å²) in [6.07, 6.45) is 0. The molecule has 0 saturated heterocycles. The van der Waals surface area contributed by atoms with Gasteiger partial charge in [-0.25, -0.2) is 0 Å². The van der Waals surface area contributed by atoms with E-state index in [2.05, 4.69) is 38.1 Å². The Bertz CT molecular complexity index is 112. The Hall–Kier alpha value is -0.110. The van der Waals surface area contributed by atoms with Crippen molar-refractivity contribution in [2.24, 2.45) is 11.8 Å². The van der Waals surface area contributed by atoms with Crippen LogP contribution < -0.4 is 0 Å². The summed E-state index contributed by atoms with van der Waals surface area (Å²) in [5, 5.41) is 0. The molecule has 2 heteroatoms. The Morgan fingerprint density at radius 1 is 1.36 bits per heavy atom. The van der Waals surface area contributed by atoms with Crippen LogP contribution in [0, 0.1) is 11.8 Å². The van der Waals surface area contributed by atoms with E-state index in [0.29, 0.717) is 5.92 Å². The maximum atomic E-state index is 4.75. The fourth-order valence-electron chi connectivity index (χ4n) is 0.789. The molecule has 0 aromatic carbocycles. The third-order valence-electron chi connectivity index (χ3n) is 2.16. The Morgan fingerprint density at radius 2 is 1.91 bits per heavy atom. The number of thiocarbonyl (C=S) groups is 1. The van der Waals surface area contributed by atoms with Crippen LogP contribution in [-0.2, 0) is 0 Å². The van der Waals surface area contributed by atoms with E-state index in [1.165, 1.54) is 0 Å². The number of hydrogen-bond acceptors (Lipinski definition) is 1. The fraction of sp³-hybridized carbons (Fsp3) is 0.889. The second-order valence-corrected chi connectivity index (χ2v) is 3.53. The van der Waals surface area contributed by atoms with Crippen LogP contribution in [-0.4, -0.2) is 23.5 Å². The first-order valence-corrected chi connectivity index (χ1v) is 4.65. The molecule has 0 aromatic rings. The molecular weight excluding hydrogens is 154 g/mol. The quantitative estimate of drug-likeness (QED) is 0.463. The van der Waals surface area contributed by atoms with Gasteiger partial charge in [-0.15, -0.1) is 0 Å². The standard InChI is InChI=1S/C9H18NS/c1-5-10(7-11)6-9(4)8(2)3/h8-9H,5-6H2,1-4H3. The summed E-state index contributed by atoms with van der Waals surface area (Å²) < 4.78 is 0. The molecule has 0 fully saturated rings. The highest BCUT2D eigenvalue weighted by Crippen LogP contribution is 2.10. The van der Waals surface area contributed by atoms with E-state index >= 15 is 0 Å². The monoisotopic (exact) mass is 172 g/mol. The molecule has 0 heterocycles. The first kappa shape index (κ1) is 10.9. The SMILES string of the molecule is CCN([C]=S)CC(C)C(C)C. The van der Waals surface area contributed by atoms with Crippen molar-refractivity contribution in [1.29, 1.82) is 0 Å². The van der Waals surface area contributed by atoms with Gasteiger partial charge in [0.1, 0.15) is 5.49 Å².